The van der Waals surface area contributed by atoms with E-state index in [0.29, 0.717) is 22.6 Å². The maximum atomic E-state index is 12.8. The smallest absolute Gasteiger partial charge is 0.399 e. The fraction of sp³-hybridized carbons (Fsp3) is 0.250. The van der Waals surface area contributed by atoms with E-state index in [-0.39, 0.29) is 0 Å². The van der Waals surface area contributed by atoms with E-state index in [1.165, 1.54) is 13.0 Å². The first-order valence-electron chi connectivity index (χ1n) is 5.29. The van der Waals surface area contributed by atoms with Crippen LogP contribution in [0.4, 0.5) is 18.9 Å². The van der Waals surface area contributed by atoms with Crippen LogP contribution in [0.25, 0.3) is 5.69 Å². The fourth-order valence-corrected chi connectivity index (χ4v) is 1.69. The molecule has 0 bridgehead atoms. The molecule has 0 fully saturated rings. The number of nitrogens with zero attached hydrogens (tertiary/aromatic N) is 2. The largest absolute Gasteiger partial charge is 0.433 e. The molecule has 6 heteroatoms. The molecular weight excluding hydrogens is 243 g/mol. The van der Waals surface area contributed by atoms with Gasteiger partial charge in [0.05, 0.1) is 11.4 Å². The highest BCUT2D eigenvalue weighted by Crippen LogP contribution is 2.31. The number of alkyl halides is 3. The van der Waals surface area contributed by atoms with Crippen LogP contribution in [0, 0.1) is 13.8 Å². The van der Waals surface area contributed by atoms with Gasteiger partial charge < -0.3 is 5.73 Å². The highest BCUT2D eigenvalue weighted by atomic mass is 19.4. The summed E-state index contributed by atoms with van der Waals surface area (Å²) in [6.45, 7) is 3.26. The third-order valence-corrected chi connectivity index (χ3v) is 2.62. The van der Waals surface area contributed by atoms with Gasteiger partial charge in [0, 0.05) is 5.69 Å². The van der Waals surface area contributed by atoms with Crippen molar-refractivity contribution in [2.24, 2.45) is 0 Å². The van der Waals surface area contributed by atoms with Crippen molar-refractivity contribution in [2.75, 3.05) is 5.73 Å². The third kappa shape index (κ3) is 2.18. The van der Waals surface area contributed by atoms with Crippen LogP contribution in [0.5, 0.6) is 0 Å². The summed E-state index contributed by atoms with van der Waals surface area (Å²) in [5.41, 5.74) is 6.78. The number of hydrogen-bond acceptors (Lipinski definition) is 2. The molecule has 0 atom stereocenters. The van der Waals surface area contributed by atoms with Crippen LogP contribution >= 0.6 is 0 Å². The first-order valence-corrected chi connectivity index (χ1v) is 5.29. The van der Waals surface area contributed by atoms with Gasteiger partial charge in [-0.1, -0.05) is 0 Å². The maximum Gasteiger partial charge on any atom is 0.433 e. The molecule has 2 N–H and O–H groups in total. The summed E-state index contributed by atoms with van der Waals surface area (Å²) in [7, 11) is 0. The van der Waals surface area contributed by atoms with Gasteiger partial charge in [-0.25, -0.2) is 4.68 Å². The van der Waals surface area contributed by atoms with Gasteiger partial charge in [0.25, 0.3) is 0 Å². The molecule has 0 aliphatic rings. The van der Waals surface area contributed by atoms with Crippen LogP contribution in [-0.2, 0) is 6.18 Å². The van der Waals surface area contributed by atoms with E-state index in [1.807, 2.05) is 0 Å². The second-order valence-electron chi connectivity index (χ2n) is 4.12. The Labute approximate surface area is 102 Å². The molecule has 0 saturated heterocycles. The lowest BCUT2D eigenvalue weighted by molar-refractivity contribution is -0.142. The Balaban J connectivity index is 2.60. The number of nitrogens with two attached hydrogens (primary N) is 1. The lowest BCUT2D eigenvalue weighted by atomic mass is 10.2. The Morgan fingerprint density at radius 1 is 1.17 bits per heavy atom. The van der Waals surface area contributed by atoms with Gasteiger partial charge in [0.2, 0.25) is 0 Å². The second-order valence-corrected chi connectivity index (χ2v) is 4.12. The quantitative estimate of drug-likeness (QED) is 0.796. The standard InChI is InChI=1S/C12H12F3N3/c1-7-5-9(3-4-10(7)16)18-11(12(13,14)15)6-8(2)17-18/h3-6H,16H2,1-2H3. The third-order valence-electron chi connectivity index (χ3n) is 2.62. The van der Waals surface area contributed by atoms with Gasteiger partial charge in [-0.2, -0.15) is 18.3 Å². The van der Waals surface area contributed by atoms with Crippen molar-refractivity contribution < 1.29 is 13.2 Å². The van der Waals surface area contributed by atoms with E-state index >= 15 is 0 Å². The van der Waals surface area contributed by atoms with Crippen molar-refractivity contribution in [3.05, 3.63) is 41.2 Å². The Morgan fingerprint density at radius 3 is 2.39 bits per heavy atom. The average Bonchev–Trinajstić information content (AvgIpc) is 2.64. The zero-order chi connectivity index (χ0) is 13.5. The van der Waals surface area contributed by atoms with Gasteiger partial charge in [-0.05, 0) is 43.7 Å². The molecule has 2 rings (SSSR count). The van der Waals surface area contributed by atoms with E-state index in [1.54, 1.807) is 19.1 Å². The van der Waals surface area contributed by atoms with E-state index in [2.05, 4.69) is 5.10 Å². The van der Waals surface area contributed by atoms with Crippen LogP contribution < -0.4 is 5.73 Å². The molecule has 96 valence electrons. The summed E-state index contributed by atoms with van der Waals surface area (Å²) in [6, 6.07) is 5.69. The molecule has 18 heavy (non-hydrogen) atoms. The molecule has 1 aromatic heterocycles. The summed E-state index contributed by atoms with van der Waals surface area (Å²) >= 11 is 0. The molecule has 2 aromatic rings. The van der Waals surface area contributed by atoms with E-state index in [9.17, 15) is 13.2 Å². The van der Waals surface area contributed by atoms with Crippen molar-refractivity contribution in [2.45, 2.75) is 20.0 Å². The number of aromatic nitrogens is 2. The number of rotatable bonds is 1. The molecule has 0 unspecified atom stereocenters. The summed E-state index contributed by atoms with van der Waals surface area (Å²) < 4.78 is 39.4. The van der Waals surface area contributed by atoms with Gasteiger partial charge in [-0.15, -0.1) is 0 Å². The first-order chi connectivity index (χ1) is 8.29. The van der Waals surface area contributed by atoms with Crippen LogP contribution in [0.15, 0.2) is 24.3 Å². The maximum absolute atomic E-state index is 12.8. The van der Waals surface area contributed by atoms with Crippen LogP contribution in [0.3, 0.4) is 0 Å². The van der Waals surface area contributed by atoms with Gasteiger partial charge >= 0.3 is 6.18 Å². The molecule has 1 heterocycles. The first kappa shape index (κ1) is 12.5. The number of benzene rings is 1. The molecule has 1 aromatic carbocycles. The molecule has 0 aliphatic heterocycles. The molecule has 0 aliphatic carbocycles. The molecule has 0 amide bonds. The highest BCUT2D eigenvalue weighted by Gasteiger charge is 2.35. The Kier molecular flexibility index (Phi) is 2.80. The molecule has 0 spiro atoms. The number of anilines is 1. The Hall–Kier alpha value is -1.98. The molecular formula is C12H12F3N3. The lowest BCUT2D eigenvalue weighted by Gasteiger charge is -2.11. The average molecular weight is 255 g/mol. The van der Waals surface area contributed by atoms with Crippen molar-refractivity contribution in [1.29, 1.82) is 0 Å². The van der Waals surface area contributed by atoms with Crippen molar-refractivity contribution in [3.8, 4) is 5.69 Å². The monoisotopic (exact) mass is 255 g/mol. The Bertz CT molecular complexity index is 585. The minimum Gasteiger partial charge on any atom is -0.399 e. The normalized spacial score (nSPS) is 11.8. The fourth-order valence-electron chi connectivity index (χ4n) is 1.69. The molecule has 3 nitrogen and oxygen atoms in total. The Morgan fingerprint density at radius 2 is 1.83 bits per heavy atom. The van der Waals surface area contributed by atoms with Gasteiger partial charge in [0.1, 0.15) is 5.69 Å². The topological polar surface area (TPSA) is 43.8 Å². The van der Waals surface area contributed by atoms with E-state index in [0.717, 1.165) is 10.7 Å². The predicted octanol–water partition coefficient (Wildman–Crippen LogP) is 3.09. The van der Waals surface area contributed by atoms with Crippen molar-refractivity contribution in [3.63, 3.8) is 0 Å². The molecule has 0 radical (unpaired) electrons. The number of nitrogen functional groups attached to an aromatic ring is 1. The zero-order valence-electron chi connectivity index (χ0n) is 9.92. The summed E-state index contributed by atoms with van der Waals surface area (Å²) in [4.78, 5) is 0. The minimum absolute atomic E-state index is 0.316. The number of halogens is 3. The SMILES string of the molecule is Cc1cc(C(F)(F)F)n(-c2ccc(N)c(C)c2)n1. The van der Waals surface area contributed by atoms with Crippen LogP contribution in [-0.4, -0.2) is 9.78 Å². The minimum atomic E-state index is -4.43. The summed E-state index contributed by atoms with van der Waals surface area (Å²) in [6.07, 6.45) is -4.43. The second kappa shape index (κ2) is 4.04. The zero-order valence-corrected chi connectivity index (χ0v) is 9.92. The number of aryl methyl sites for hydroxylation is 2. The summed E-state index contributed by atoms with van der Waals surface area (Å²) in [5.74, 6) is 0. The van der Waals surface area contributed by atoms with E-state index < -0.39 is 11.9 Å². The van der Waals surface area contributed by atoms with Crippen molar-refractivity contribution >= 4 is 5.69 Å². The lowest BCUT2D eigenvalue weighted by Crippen LogP contribution is -2.13. The van der Waals surface area contributed by atoms with Crippen molar-refractivity contribution in [1.82, 2.24) is 9.78 Å². The van der Waals surface area contributed by atoms with Gasteiger partial charge in [0.15, 0.2) is 0 Å². The van der Waals surface area contributed by atoms with Crippen LogP contribution in [0.1, 0.15) is 17.0 Å². The van der Waals surface area contributed by atoms with E-state index in [4.69, 9.17) is 5.73 Å². The van der Waals surface area contributed by atoms with Gasteiger partial charge in [-0.3, -0.25) is 0 Å². The highest BCUT2D eigenvalue weighted by molar-refractivity contribution is 5.52. The molecule has 0 saturated carbocycles. The number of hydrogen-bond donors (Lipinski definition) is 1. The predicted molar refractivity (Wildman–Crippen MR) is 62.5 cm³/mol. The van der Waals surface area contributed by atoms with Crippen LogP contribution in [0.2, 0.25) is 0 Å². The summed E-state index contributed by atoms with van der Waals surface area (Å²) in [5, 5.41) is 3.87.